The molecule has 3 rings (SSSR count). The van der Waals surface area contributed by atoms with Crippen LogP contribution in [-0.4, -0.2) is 65.0 Å². The van der Waals surface area contributed by atoms with Gasteiger partial charge in [0.15, 0.2) is 24.3 Å². The van der Waals surface area contributed by atoms with Crippen LogP contribution < -0.4 is 0 Å². The van der Waals surface area contributed by atoms with Crippen molar-refractivity contribution in [3.8, 4) is 0 Å². The first-order chi connectivity index (χ1) is 11.9. The van der Waals surface area contributed by atoms with Gasteiger partial charge in [0.2, 0.25) is 0 Å². The second-order valence-corrected chi connectivity index (χ2v) is 8.40. The first kappa shape index (κ1) is 19.0. The lowest BCUT2D eigenvalue weighted by Gasteiger charge is -2.30. The third-order valence-electron chi connectivity index (χ3n) is 3.90. The lowest BCUT2D eigenvalue weighted by molar-refractivity contribution is -0.227. The molecule has 0 spiro atoms. The minimum atomic E-state index is -0.818. The monoisotopic (exact) mass is 390 g/mol. The van der Waals surface area contributed by atoms with Gasteiger partial charge in [0.05, 0.1) is 0 Å². The summed E-state index contributed by atoms with van der Waals surface area (Å²) < 4.78 is 28.6. The second kappa shape index (κ2) is 7.87. The summed E-state index contributed by atoms with van der Waals surface area (Å²) in [5.74, 6) is 0.648. The molecule has 0 unspecified atom stereocenters. The molecule has 0 saturated carbocycles. The van der Waals surface area contributed by atoms with Crippen molar-refractivity contribution in [2.24, 2.45) is 0 Å². The van der Waals surface area contributed by atoms with E-state index in [0.29, 0.717) is 11.5 Å². The van der Waals surface area contributed by atoms with Crippen molar-refractivity contribution in [2.75, 3.05) is 17.3 Å². The summed E-state index contributed by atoms with van der Waals surface area (Å²) in [5, 5.41) is -0.374. The predicted octanol–water partition coefficient (Wildman–Crippen LogP) is 2.34. The first-order valence-electron chi connectivity index (χ1n) is 8.10. The SMILES string of the molecule is CC(=O)O[C@@H]1[C@H]2OC(C)(C)O[C@H]2O[C@@H]1[C@@H]1CSC/C=C\CSC(=O)O1. The van der Waals surface area contributed by atoms with Crippen LogP contribution in [0.1, 0.15) is 20.8 Å². The molecule has 25 heavy (non-hydrogen) atoms. The fraction of sp³-hybridized carbons (Fsp3) is 0.750. The Kier molecular flexibility index (Phi) is 5.99. The molecule has 0 aromatic carbocycles. The molecule has 9 heteroatoms. The normalized spacial score (nSPS) is 39.3. The van der Waals surface area contributed by atoms with Gasteiger partial charge >= 0.3 is 11.3 Å². The summed E-state index contributed by atoms with van der Waals surface area (Å²) in [7, 11) is 0. The summed E-state index contributed by atoms with van der Waals surface area (Å²) >= 11 is 2.71. The predicted molar refractivity (Wildman–Crippen MR) is 93.4 cm³/mol. The molecule has 3 aliphatic rings. The Balaban J connectivity index is 1.77. The van der Waals surface area contributed by atoms with Crippen LogP contribution in [0.5, 0.6) is 0 Å². The van der Waals surface area contributed by atoms with Gasteiger partial charge in [-0.25, -0.2) is 4.79 Å². The van der Waals surface area contributed by atoms with Crippen molar-refractivity contribution in [1.82, 2.24) is 0 Å². The molecule has 0 amide bonds. The third kappa shape index (κ3) is 4.71. The minimum absolute atomic E-state index is 0.374. The number of esters is 1. The van der Waals surface area contributed by atoms with Gasteiger partial charge in [0.1, 0.15) is 12.2 Å². The van der Waals surface area contributed by atoms with E-state index in [9.17, 15) is 9.59 Å². The summed E-state index contributed by atoms with van der Waals surface area (Å²) in [6, 6.07) is 0. The molecule has 3 aliphatic heterocycles. The standard InChI is InChI=1S/C16H22O7S2/c1-9(17)19-12-11(21-14-13(12)22-16(2,3)23-14)10-8-24-6-4-5-7-25-15(18)20-10/h4-5,10-14H,6-8H2,1-3H3/b5-4-/t10-,11+,12-,13+,14+/m0/s1. The third-order valence-corrected chi connectivity index (χ3v) is 5.59. The van der Waals surface area contributed by atoms with Crippen LogP contribution >= 0.6 is 23.5 Å². The summed E-state index contributed by atoms with van der Waals surface area (Å²) in [5.41, 5.74) is 0. The Morgan fingerprint density at radius 3 is 2.76 bits per heavy atom. The van der Waals surface area contributed by atoms with Gasteiger partial charge in [-0.3, -0.25) is 4.79 Å². The van der Waals surface area contributed by atoms with Crippen molar-refractivity contribution < 1.29 is 33.3 Å². The topological polar surface area (TPSA) is 80.3 Å². The maximum atomic E-state index is 12.0. The molecular formula is C16H22O7S2. The zero-order valence-corrected chi connectivity index (χ0v) is 16.0. The Labute approximate surface area is 155 Å². The molecule has 0 aliphatic carbocycles. The Morgan fingerprint density at radius 2 is 2.00 bits per heavy atom. The molecule has 2 saturated heterocycles. The van der Waals surface area contributed by atoms with Crippen LogP contribution in [0, 0.1) is 0 Å². The highest BCUT2D eigenvalue weighted by Crippen LogP contribution is 2.40. The average Bonchev–Trinajstić information content (AvgIpc) is 2.98. The number of fused-ring (bicyclic) bond motifs is 1. The molecule has 140 valence electrons. The van der Waals surface area contributed by atoms with E-state index < -0.39 is 42.5 Å². The molecule has 5 atom stereocenters. The van der Waals surface area contributed by atoms with Crippen LogP contribution in [0.25, 0.3) is 0 Å². The average molecular weight is 390 g/mol. The fourth-order valence-electron chi connectivity index (χ4n) is 2.99. The van der Waals surface area contributed by atoms with Gasteiger partial charge in [-0.2, -0.15) is 11.8 Å². The van der Waals surface area contributed by atoms with Crippen molar-refractivity contribution in [3.63, 3.8) is 0 Å². The highest BCUT2D eigenvalue weighted by Gasteiger charge is 2.58. The summed E-state index contributed by atoms with van der Waals surface area (Å²) in [6.45, 7) is 4.88. The Hall–Kier alpha value is -0.740. The van der Waals surface area contributed by atoms with E-state index in [0.717, 1.165) is 17.5 Å². The smallest absolute Gasteiger partial charge is 0.368 e. The number of carbonyl (C=O) groups excluding carboxylic acids is 2. The van der Waals surface area contributed by atoms with E-state index in [4.69, 9.17) is 23.7 Å². The van der Waals surface area contributed by atoms with Crippen LogP contribution in [0.2, 0.25) is 0 Å². The molecule has 0 aromatic heterocycles. The zero-order chi connectivity index (χ0) is 18.0. The van der Waals surface area contributed by atoms with Gasteiger partial charge in [-0.15, -0.1) is 0 Å². The van der Waals surface area contributed by atoms with E-state index in [-0.39, 0.29) is 5.30 Å². The van der Waals surface area contributed by atoms with E-state index in [1.54, 1.807) is 25.6 Å². The maximum Gasteiger partial charge on any atom is 0.368 e. The first-order valence-corrected chi connectivity index (χ1v) is 10.2. The van der Waals surface area contributed by atoms with Gasteiger partial charge < -0.3 is 23.7 Å². The largest absolute Gasteiger partial charge is 0.457 e. The molecule has 0 aromatic rings. The van der Waals surface area contributed by atoms with Crippen LogP contribution in [0.4, 0.5) is 4.79 Å². The van der Waals surface area contributed by atoms with Gasteiger partial charge in [0, 0.05) is 24.2 Å². The Bertz CT molecular complexity index is 551. The number of thioether (sulfide) groups is 2. The fourth-order valence-corrected chi connectivity index (χ4v) is 4.45. The number of cyclic esters (lactones) is 1. The van der Waals surface area contributed by atoms with Crippen molar-refractivity contribution in [2.45, 2.75) is 57.3 Å². The maximum absolute atomic E-state index is 12.0. The van der Waals surface area contributed by atoms with Gasteiger partial charge in [-0.1, -0.05) is 12.2 Å². The number of ether oxygens (including phenoxy) is 5. The van der Waals surface area contributed by atoms with E-state index >= 15 is 0 Å². The second-order valence-electron chi connectivity index (χ2n) is 6.37. The van der Waals surface area contributed by atoms with Gasteiger partial charge in [0.25, 0.3) is 0 Å². The van der Waals surface area contributed by atoms with Crippen LogP contribution in [0.15, 0.2) is 12.2 Å². The van der Waals surface area contributed by atoms with Crippen LogP contribution in [0.3, 0.4) is 0 Å². The van der Waals surface area contributed by atoms with Crippen molar-refractivity contribution >= 4 is 34.8 Å². The number of hydrogen-bond donors (Lipinski definition) is 0. The molecule has 2 fully saturated rings. The lowest BCUT2D eigenvalue weighted by atomic mass is 10.1. The number of hydrogen-bond acceptors (Lipinski definition) is 9. The van der Waals surface area contributed by atoms with Gasteiger partial charge in [-0.05, 0) is 25.6 Å². The summed E-state index contributed by atoms with van der Waals surface area (Å²) in [4.78, 5) is 23.6. The lowest BCUT2D eigenvalue weighted by Crippen LogP contribution is -2.46. The van der Waals surface area contributed by atoms with E-state index in [1.165, 1.54) is 6.92 Å². The minimum Gasteiger partial charge on any atom is -0.457 e. The molecule has 0 radical (unpaired) electrons. The Morgan fingerprint density at radius 1 is 1.24 bits per heavy atom. The van der Waals surface area contributed by atoms with Crippen LogP contribution in [-0.2, 0) is 28.5 Å². The summed E-state index contributed by atoms with van der Waals surface area (Å²) in [6.07, 6.45) is 0.895. The molecule has 0 bridgehead atoms. The van der Waals surface area contributed by atoms with Crippen molar-refractivity contribution in [3.05, 3.63) is 12.2 Å². The molecule has 0 N–H and O–H groups in total. The van der Waals surface area contributed by atoms with E-state index in [1.807, 2.05) is 12.2 Å². The highest BCUT2D eigenvalue weighted by atomic mass is 32.2. The molecular weight excluding hydrogens is 368 g/mol. The zero-order valence-electron chi connectivity index (χ0n) is 14.3. The number of carbonyl (C=O) groups is 2. The van der Waals surface area contributed by atoms with Crippen molar-refractivity contribution in [1.29, 1.82) is 0 Å². The highest BCUT2D eigenvalue weighted by molar-refractivity contribution is 8.13. The number of rotatable bonds is 2. The molecule has 3 heterocycles. The molecule has 7 nitrogen and oxygen atoms in total. The quantitative estimate of drug-likeness (QED) is 0.521. The van der Waals surface area contributed by atoms with E-state index in [2.05, 4.69) is 0 Å².